The fourth-order valence-electron chi connectivity index (χ4n) is 1.77. The van der Waals surface area contributed by atoms with Crippen LogP contribution in [0, 0.1) is 0 Å². The largest absolute Gasteiger partial charge is 0.486 e. The number of sulfonamides is 1. The van der Waals surface area contributed by atoms with Gasteiger partial charge in [-0.05, 0) is 19.1 Å². The standard InChI is InChI=1S/C12H17NO4S/c1-3-18(14,15)13(2)8-10-9-16-11-6-4-5-7-12(11)17-10/h4-7,10H,3,8-9H2,1-2H3. The fourth-order valence-corrected chi connectivity index (χ4v) is 2.61. The van der Waals surface area contributed by atoms with Gasteiger partial charge in [-0.1, -0.05) is 12.1 Å². The van der Waals surface area contributed by atoms with E-state index in [-0.39, 0.29) is 11.9 Å². The van der Waals surface area contributed by atoms with E-state index in [0.717, 1.165) is 0 Å². The van der Waals surface area contributed by atoms with Crippen LogP contribution in [0.5, 0.6) is 11.5 Å². The van der Waals surface area contributed by atoms with Crippen molar-refractivity contribution in [2.75, 3.05) is 26.0 Å². The lowest BCUT2D eigenvalue weighted by atomic mass is 10.2. The highest BCUT2D eigenvalue weighted by atomic mass is 32.2. The molecule has 0 fully saturated rings. The first-order valence-electron chi connectivity index (χ1n) is 5.85. The van der Waals surface area contributed by atoms with Crippen molar-refractivity contribution >= 4 is 10.0 Å². The van der Waals surface area contributed by atoms with E-state index in [1.807, 2.05) is 24.3 Å². The number of nitrogens with zero attached hydrogens (tertiary/aromatic N) is 1. The fraction of sp³-hybridized carbons (Fsp3) is 0.500. The Morgan fingerprint density at radius 3 is 2.67 bits per heavy atom. The first kappa shape index (κ1) is 13.2. The number of hydrogen-bond acceptors (Lipinski definition) is 4. The van der Waals surface area contributed by atoms with Crippen LogP contribution in [-0.2, 0) is 10.0 Å². The van der Waals surface area contributed by atoms with Crippen LogP contribution in [-0.4, -0.2) is 44.8 Å². The molecule has 0 bridgehead atoms. The molecule has 18 heavy (non-hydrogen) atoms. The molecule has 1 atom stereocenters. The minimum absolute atomic E-state index is 0.0909. The normalized spacial score (nSPS) is 18.9. The molecular formula is C12H17NO4S. The van der Waals surface area contributed by atoms with Crippen molar-refractivity contribution in [3.05, 3.63) is 24.3 Å². The summed E-state index contributed by atoms with van der Waals surface area (Å²) in [6, 6.07) is 7.38. The first-order valence-corrected chi connectivity index (χ1v) is 7.46. The van der Waals surface area contributed by atoms with E-state index in [9.17, 15) is 8.42 Å². The molecule has 0 N–H and O–H groups in total. The van der Waals surface area contributed by atoms with Crippen molar-refractivity contribution in [2.24, 2.45) is 0 Å². The van der Waals surface area contributed by atoms with Crippen LogP contribution >= 0.6 is 0 Å². The van der Waals surface area contributed by atoms with Crippen LogP contribution < -0.4 is 9.47 Å². The SMILES string of the molecule is CCS(=O)(=O)N(C)CC1COc2ccccc2O1. The summed E-state index contributed by atoms with van der Waals surface area (Å²) in [6.45, 7) is 2.28. The first-order chi connectivity index (χ1) is 8.53. The van der Waals surface area contributed by atoms with Gasteiger partial charge >= 0.3 is 0 Å². The highest BCUT2D eigenvalue weighted by Crippen LogP contribution is 2.31. The third-order valence-corrected chi connectivity index (χ3v) is 4.70. The summed E-state index contributed by atoms with van der Waals surface area (Å²) in [5.74, 6) is 1.46. The van der Waals surface area contributed by atoms with Gasteiger partial charge in [0.15, 0.2) is 11.5 Å². The second-order valence-corrected chi connectivity index (χ2v) is 6.54. The van der Waals surface area contributed by atoms with Crippen LogP contribution in [0.4, 0.5) is 0 Å². The van der Waals surface area contributed by atoms with Crippen LogP contribution in [0.25, 0.3) is 0 Å². The van der Waals surface area contributed by atoms with Gasteiger partial charge in [-0.3, -0.25) is 0 Å². The molecule has 1 aromatic rings. The number of rotatable bonds is 4. The van der Waals surface area contributed by atoms with E-state index in [1.165, 1.54) is 4.31 Å². The van der Waals surface area contributed by atoms with Crippen LogP contribution in [0.3, 0.4) is 0 Å². The Kier molecular flexibility index (Phi) is 3.77. The lowest BCUT2D eigenvalue weighted by Gasteiger charge is -2.29. The monoisotopic (exact) mass is 271 g/mol. The van der Waals surface area contributed by atoms with E-state index in [2.05, 4.69) is 0 Å². The van der Waals surface area contributed by atoms with Crippen LogP contribution in [0.1, 0.15) is 6.92 Å². The molecule has 6 heteroatoms. The number of fused-ring (bicyclic) bond motifs is 1. The number of para-hydroxylation sites is 2. The smallest absolute Gasteiger partial charge is 0.213 e. The lowest BCUT2D eigenvalue weighted by Crippen LogP contribution is -2.42. The van der Waals surface area contributed by atoms with Gasteiger partial charge in [0.1, 0.15) is 12.7 Å². The lowest BCUT2D eigenvalue weighted by molar-refractivity contribution is 0.0799. The van der Waals surface area contributed by atoms with Gasteiger partial charge in [0.2, 0.25) is 10.0 Å². The van der Waals surface area contributed by atoms with Crippen molar-refractivity contribution < 1.29 is 17.9 Å². The van der Waals surface area contributed by atoms with E-state index in [0.29, 0.717) is 24.7 Å². The van der Waals surface area contributed by atoms with E-state index < -0.39 is 10.0 Å². The van der Waals surface area contributed by atoms with Gasteiger partial charge in [-0.2, -0.15) is 0 Å². The maximum Gasteiger partial charge on any atom is 0.213 e. The maximum absolute atomic E-state index is 11.6. The Bertz CT molecular complexity index is 515. The van der Waals surface area contributed by atoms with Gasteiger partial charge in [0.05, 0.1) is 12.3 Å². The molecule has 1 heterocycles. The number of likely N-dealkylation sites (N-methyl/N-ethyl adjacent to an activating group) is 1. The van der Waals surface area contributed by atoms with Crippen LogP contribution in [0.2, 0.25) is 0 Å². The summed E-state index contributed by atoms with van der Waals surface area (Å²) < 4.78 is 35.9. The Balaban J connectivity index is 2.02. The summed E-state index contributed by atoms with van der Waals surface area (Å²) in [6.07, 6.45) is -0.272. The summed E-state index contributed by atoms with van der Waals surface area (Å²) >= 11 is 0. The summed E-state index contributed by atoms with van der Waals surface area (Å²) in [7, 11) is -1.62. The molecule has 0 spiro atoms. The molecule has 0 amide bonds. The van der Waals surface area contributed by atoms with E-state index >= 15 is 0 Å². The van der Waals surface area contributed by atoms with Gasteiger partial charge in [0, 0.05) is 7.05 Å². The summed E-state index contributed by atoms with van der Waals surface area (Å²) in [5.41, 5.74) is 0. The summed E-state index contributed by atoms with van der Waals surface area (Å²) in [5, 5.41) is 0. The molecule has 0 aromatic heterocycles. The Morgan fingerprint density at radius 1 is 1.33 bits per heavy atom. The molecule has 0 radical (unpaired) electrons. The molecule has 1 aliphatic rings. The van der Waals surface area contributed by atoms with E-state index in [1.54, 1.807) is 14.0 Å². The van der Waals surface area contributed by atoms with Gasteiger partial charge < -0.3 is 9.47 Å². The number of benzene rings is 1. The minimum atomic E-state index is -3.18. The van der Waals surface area contributed by atoms with Gasteiger partial charge in [0.25, 0.3) is 0 Å². The predicted octanol–water partition coefficient (Wildman–Crippen LogP) is 1.11. The van der Waals surface area contributed by atoms with Crippen molar-refractivity contribution in [1.29, 1.82) is 0 Å². The zero-order valence-corrected chi connectivity index (χ0v) is 11.3. The highest BCUT2D eigenvalue weighted by Gasteiger charge is 2.25. The third kappa shape index (κ3) is 2.76. The molecule has 0 saturated carbocycles. The molecule has 1 aromatic carbocycles. The third-order valence-electron chi connectivity index (χ3n) is 2.87. The molecule has 2 rings (SSSR count). The van der Waals surface area contributed by atoms with E-state index in [4.69, 9.17) is 9.47 Å². The molecule has 1 unspecified atom stereocenters. The average molecular weight is 271 g/mol. The van der Waals surface area contributed by atoms with Crippen molar-refractivity contribution in [1.82, 2.24) is 4.31 Å². The molecule has 5 nitrogen and oxygen atoms in total. The zero-order chi connectivity index (χ0) is 13.2. The topological polar surface area (TPSA) is 55.8 Å². The average Bonchev–Trinajstić information content (AvgIpc) is 2.38. The predicted molar refractivity (Wildman–Crippen MR) is 68.4 cm³/mol. The Labute approximate surface area is 107 Å². The van der Waals surface area contributed by atoms with Crippen molar-refractivity contribution in [3.63, 3.8) is 0 Å². The molecule has 100 valence electrons. The molecule has 0 saturated heterocycles. The van der Waals surface area contributed by atoms with Gasteiger partial charge in [-0.25, -0.2) is 12.7 Å². The minimum Gasteiger partial charge on any atom is -0.486 e. The van der Waals surface area contributed by atoms with Crippen LogP contribution in [0.15, 0.2) is 24.3 Å². The second kappa shape index (κ2) is 5.16. The van der Waals surface area contributed by atoms with Gasteiger partial charge in [-0.15, -0.1) is 0 Å². The molecular weight excluding hydrogens is 254 g/mol. The number of hydrogen-bond donors (Lipinski definition) is 0. The molecule has 0 aliphatic carbocycles. The highest BCUT2D eigenvalue weighted by molar-refractivity contribution is 7.89. The quantitative estimate of drug-likeness (QED) is 0.823. The Morgan fingerprint density at radius 2 is 2.00 bits per heavy atom. The summed E-state index contributed by atoms with van der Waals surface area (Å²) in [4.78, 5) is 0. The molecule has 1 aliphatic heterocycles. The van der Waals surface area contributed by atoms with Crippen molar-refractivity contribution in [2.45, 2.75) is 13.0 Å². The Hall–Kier alpha value is -1.27. The maximum atomic E-state index is 11.6. The second-order valence-electron chi connectivity index (χ2n) is 4.18. The van der Waals surface area contributed by atoms with Crippen molar-refractivity contribution in [3.8, 4) is 11.5 Å². The number of ether oxygens (including phenoxy) is 2. The zero-order valence-electron chi connectivity index (χ0n) is 10.5.